The molecule has 0 bridgehead atoms. The Bertz CT molecular complexity index is 459. The first-order chi connectivity index (χ1) is 9.10. The molecule has 0 aromatic heterocycles. The molecule has 4 heteroatoms. The average Bonchev–Trinajstić information content (AvgIpc) is 2.84. The number of carboxylic acids is 1. The van der Waals surface area contributed by atoms with Crippen LogP contribution in [0.25, 0.3) is 0 Å². The number of hydrogen-bond acceptors (Lipinski definition) is 3. The van der Waals surface area contributed by atoms with Crippen molar-refractivity contribution in [3.05, 3.63) is 29.3 Å². The van der Waals surface area contributed by atoms with E-state index in [1.54, 1.807) is 0 Å². The Morgan fingerprint density at radius 3 is 3.00 bits per heavy atom. The molecule has 104 valence electrons. The second-order valence-corrected chi connectivity index (χ2v) is 5.10. The lowest BCUT2D eigenvalue weighted by molar-refractivity contribution is -0.139. The van der Waals surface area contributed by atoms with Crippen LogP contribution in [-0.4, -0.2) is 35.2 Å². The third-order valence-corrected chi connectivity index (χ3v) is 3.69. The number of ether oxygens (including phenoxy) is 1. The van der Waals surface area contributed by atoms with Gasteiger partial charge >= 0.3 is 5.97 Å². The minimum Gasteiger partial charge on any atom is -0.493 e. The monoisotopic (exact) mass is 263 g/mol. The smallest absolute Gasteiger partial charge is 0.317 e. The van der Waals surface area contributed by atoms with Crippen molar-refractivity contribution >= 4 is 5.97 Å². The standard InChI is InChI=1S/C15H21NO3/c1-3-11(2)16(10-15(17)18)9-12-4-5-14-13(8-12)6-7-19-14/h4-5,8,11H,3,6-7,9-10H2,1-2H3,(H,17,18). The van der Waals surface area contributed by atoms with Crippen LogP contribution in [-0.2, 0) is 17.8 Å². The summed E-state index contributed by atoms with van der Waals surface area (Å²) in [4.78, 5) is 12.9. The lowest BCUT2D eigenvalue weighted by Gasteiger charge is -2.26. The molecule has 0 saturated carbocycles. The van der Waals surface area contributed by atoms with E-state index in [2.05, 4.69) is 19.9 Å². The number of rotatable bonds is 6. The highest BCUT2D eigenvalue weighted by Crippen LogP contribution is 2.26. The normalized spacial score (nSPS) is 15.1. The first-order valence-corrected chi connectivity index (χ1v) is 6.80. The van der Waals surface area contributed by atoms with E-state index in [1.807, 2.05) is 17.0 Å². The van der Waals surface area contributed by atoms with E-state index in [0.29, 0.717) is 6.54 Å². The predicted octanol–water partition coefficient (Wildman–Crippen LogP) is 2.31. The molecule has 1 atom stereocenters. The predicted molar refractivity (Wildman–Crippen MR) is 73.4 cm³/mol. The summed E-state index contributed by atoms with van der Waals surface area (Å²) in [6.07, 6.45) is 1.90. The van der Waals surface area contributed by atoms with Gasteiger partial charge in [0.05, 0.1) is 13.2 Å². The van der Waals surface area contributed by atoms with E-state index in [4.69, 9.17) is 9.84 Å². The highest BCUT2D eigenvalue weighted by molar-refractivity contribution is 5.69. The van der Waals surface area contributed by atoms with Crippen LogP contribution in [0.3, 0.4) is 0 Å². The summed E-state index contributed by atoms with van der Waals surface area (Å²) in [5, 5.41) is 9.00. The van der Waals surface area contributed by atoms with Gasteiger partial charge < -0.3 is 9.84 Å². The van der Waals surface area contributed by atoms with Crippen molar-refractivity contribution in [1.82, 2.24) is 4.90 Å². The molecule has 1 aliphatic heterocycles. The van der Waals surface area contributed by atoms with E-state index in [9.17, 15) is 4.79 Å². The molecule has 1 aromatic carbocycles. The summed E-state index contributed by atoms with van der Waals surface area (Å²) in [6, 6.07) is 6.43. The first-order valence-electron chi connectivity index (χ1n) is 6.80. The Kier molecular flexibility index (Phi) is 4.43. The van der Waals surface area contributed by atoms with Gasteiger partial charge in [-0.3, -0.25) is 9.69 Å². The van der Waals surface area contributed by atoms with Crippen LogP contribution >= 0.6 is 0 Å². The molecule has 4 nitrogen and oxygen atoms in total. The van der Waals surface area contributed by atoms with Crippen LogP contribution in [0.1, 0.15) is 31.4 Å². The fourth-order valence-corrected chi connectivity index (χ4v) is 2.37. The lowest BCUT2D eigenvalue weighted by atomic mass is 10.1. The van der Waals surface area contributed by atoms with E-state index in [0.717, 1.165) is 30.8 Å². The van der Waals surface area contributed by atoms with Crippen LogP contribution in [0, 0.1) is 0 Å². The molecule has 1 heterocycles. The van der Waals surface area contributed by atoms with Gasteiger partial charge in [0.1, 0.15) is 5.75 Å². The highest BCUT2D eigenvalue weighted by atomic mass is 16.5. The largest absolute Gasteiger partial charge is 0.493 e. The molecule has 0 radical (unpaired) electrons. The molecule has 0 spiro atoms. The Hall–Kier alpha value is -1.55. The number of carboxylic acid groups (broad SMARTS) is 1. The third kappa shape index (κ3) is 3.47. The van der Waals surface area contributed by atoms with Gasteiger partial charge in [-0.25, -0.2) is 0 Å². The highest BCUT2D eigenvalue weighted by Gasteiger charge is 2.18. The van der Waals surface area contributed by atoms with Crippen molar-refractivity contribution < 1.29 is 14.6 Å². The summed E-state index contributed by atoms with van der Waals surface area (Å²) in [5.74, 6) is 0.196. The van der Waals surface area contributed by atoms with Gasteiger partial charge in [0.15, 0.2) is 0 Å². The van der Waals surface area contributed by atoms with Gasteiger partial charge in [-0.2, -0.15) is 0 Å². The minimum absolute atomic E-state index is 0.0859. The number of fused-ring (bicyclic) bond motifs is 1. The zero-order valence-corrected chi connectivity index (χ0v) is 11.6. The van der Waals surface area contributed by atoms with Crippen molar-refractivity contribution in [3.63, 3.8) is 0 Å². The van der Waals surface area contributed by atoms with E-state index < -0.39 is 5.97 Å². The van der Waals surface area contributed by atoms with E-state index in [-0.39, 0.29) is 12.6 Å². The number of aliphatic carboxylic acids is 1. The molecule has 1 aliphatic rings. The van der Waals surface area contributed by atoms with E-state index in [1.165, 1.54) is 5.56 Å². The minimum atomic E-state index is -0.773. The molecule has 0 fully saturated rings. The number of carbonyl (C=O) groups is 1. The van der Waals surface area contributed by atoms with Crippen molar-refractivity contribution in [1.29, 1.82) is 0 Å². The van der Waals surface area contributed by atoms with Crippen LogP contribution in [0.4, 0.5) is 0 Å². The Balaban J connectivity index is 2.09. The molecular weight excluding hydrogens is 242 g/mol. The topological polar surface area (TPSA) is 49.8 Å². The first kappa shape index (κ1) is 13.9. The number of hydrogen-bond donors (Lipinski definition) is 1. The Morgan fingerprint density at radius 1 is 1.53 bits per heavy atom. The molecule has 1 N–H and O–H groups in total. The van der Waals surface area contributed by atoms with Gasteiger partial charge in [-0.05, 0) is 30.5 Å². The van der Waals surface area contributed by atoms with Gasteiger partial charge in [0.2, 0.25) is 0 Å². The van der Waals surface area contributed by atoms with Crippen LogP contribution < -0.4 is 4.74 Å². The van der Waals surface area contributed by atoms with Crippen molar-refractivity contribution in [3.8, 4) is 5.75 Å². The quantitative estimate of drug-likeness (QED) is 0.855. The molecular formula is C15H21NO3. The molecule has 1 aromatic rings. The van der Waals surface area contributed by atoms with E-state index >= 15 is 0 Å². The third-order valence-electron chi connectivity index (χ3n) is 3.69. The zero-order valence-electron chi connectivity index (χ0n) is 11.6. The molecule has 2 rings (SSSR count). The SMILES string of the molecule is CCC(C)N(CC(=O)O)Cc1ccc2c(c1)CCO2. The fourth-order valence-electron chi connectivity index (χ4n) is 2.37. The Labute approximate surface area is 114 Å². The molecule has 0 aliphatic carbocycles. The lowest BCUT2D eigenvalue weighted by Crippen LogP contribution is -2.36. The number of nitrogens with zero attached hydrogens (tertiary/aromatic N) is 1. The van der Waals surface area contributed by atoms with Gasteiger partial charge in [-0.15, -0.1) is 0 Å². The molecule has 0 amide bonds. The van der Waals surface area contributed by atoms with Crippen molar-refractivity contribution in [2.45, 2.75) is 39.3 Å². The van der Waals surface area contributed by atoms with Crippen molar-refractivity contribution in [2.75, 3.05) is 13.2 Å². The summed E-state index contributed by atoms with van der Waals surface area (Å²) in [6.45, 7) is 5.66. The van der Waals surface area contributed by atoms with Gasteiger partial charge in [-0.1, -0.05) is 19.1 Å². The maximum Gasteiger partial charge on any atom is 0.317 e. The number of benzene rings is 1. The van der Waals surface area contributed by atoms with Crippen LogP contribution in [0.15, 0.2) is 18.2 Å². The molecule has 1 unspecified atom stereocenters. The summed E-state index contributed by atoms with van der Waals surface area (Å²) >= 11 is 0. The molecule has 0 saturated heterocycles. The van der Waals surface area contributed by atoms with Gasteiger partial charge in [0, 0.05) is 19.0 Å². The fraction of sp³-hybridized carbons (Fsp3) is 0.533. The second kappa shape index (κ2) is 6.06. The second-order valence-electron chi connectivity index (χ2n) is 5.10. The average molecular weight is 263 g/mol. The maximum absolute atomic E-state index is 10.9. The summed E-state index contributed by atoms with van der Waals surface area (Å²) < 4.78 is 5.48. The maximum atomic E-state index is 10.9. The molecule has 19 heavy (non-hydrogen) atoms. The Morgan fingerprint density at radius 2 is 2.32 bits per heavy atom. The van der Waals surface area contributed by atoms with Gasteiger partial charge in [0.25, 0.3) is 0 Å². The summed E-state index contributed by atoms with van der Waals surface area (Å²) in [7, 11) is 0. The van der Waals surface area contributed by atoms with Crippen LogP contribution in [0.5, 0.6) is 5.75 Å². The summed E-state index contributed by atoms with van der Waals surface area (Å²) in [5.41, 5.74) is 2.39. The van der Waals surface area contributed by atoms with Crippen molar-refractivity contribution in [2.24, 2.45) is 0 Å². The zero-order chi connectivity index (χ0) is 13.8. The van der Waals surface area contributed by atoms with Crippen LogP contribution in [0.2, 0.25) is 0 Å².